The van der Waals surface area contributed by atoms with E-state index in [1.54, 1.807) is 25.4 Å². The molecule has 1 aromatic carbocycles. The molecule has 0 saturated heterocycles. The van der Waals surface area contributed by atoms with Gasteiger partial charge in [-0.05, 0) is 29.8 Å². The van der Waals surface area contributed by atoms with Gasteiger partial charge in [-0.2, -0.15) is 0 Å². The lowest BCUT2D eigenvalue weighted by molar-refractivity contribution is -0.274. The molecule has 3 rings (SSSR count). The highest BCUT2D eigenvalue weighted by atomic mass is 19.4. The number of hydrogen-bond acceptors (Lipinski definition) is 4. The first-order valence-electron chi connectivity index (χ1n) is 7.29. The largest absolute Gasteiger partial charge is 0.573 e. The molecule has 25 heavy (non-hydrogen) atoms. The molecule has 3 aromatic rings. The van der Waals surface area contributed by atoms with Crippen LogP contribution in [0.1, 0.15) is 11.3 Å². The lowest BCUT2D eigenvalue weighted by Gasteiger charge is -2.11. The van der Waals surface area contributed by atoms with Crippen molar-refractivity contribution in [3.63, 3.8) is 0 Å². The molecule has 0 saturated carbocycles. The van der Waals surface area contributed by atoms with Crippen LogP contribution in [0.25, 0.3) is 11.4 Å². The third-order valence-electron chi connectivity index (χ3n) is 3.42. The van der Waals surface area contributed by atoms with Gasteiger partial charge in [-0.3, -0.25) is 10.1 Å². The van der Waals surface area contributed by atoms with Crippen molar-refractivity contribution in [2.24, 2.45) is 4.99 Å². The quantitative estimate of drug-likeness (QED) is 0.719. The minimum atomic E-state index is -4.70. The van der Waals surface area contributed by atoms with Crippen LogP contribution in [-0.4, -0.2) is 39.6 Å². The first-order valence-corrected chi connectivity index (χ1v) is 7.29. The molecule has 0 aliphatic carbocycles. The van der Waals surface area contributed by atoms with Crippen molar-refractivity contribution in [3.05, 3.63) is 53.9 Å². The highest BCUT2D eigenvalue weighted by Gasteiger charge is 2.30. The van der Waals surface area contributed by atoms with Crippen molar-refractivity contribution in [1.29, 1.82) is 0 Å². The van der Waals surface area contributed by atoms with E-state index in [9.17, 15) is 13.2 Å². The summed E-state index contributed by atoms with van der Waals surface area (Å²) >= 11 is 0. The number of hydrogen-bond donors (Lipinski definition) is 1. The summed E-state index contributed by atoms with van der Waals surface area (Å²) in [6.07, 6.45) is -1.22. The lowest BCUT2D eigenvalue weighted by Crippen LogP contribution is -2.17. The van der Waals surface area contributed by atoms with Crippen LogP contribution in [0.2, 0.25) is 0 Å². The number of nitrogens with one attached hydrogen (secondary N) is 1. The zero-order valence-corrected chi connectivity index (χ0v) is 13.2. The molecule has 0 fully saturated rings. The van der Waals surface area contributed by atoms with Crippen molar-refractivity contribution >= 4 is 6.21 Å². The van der Waals surface area contributed by atoms with Crippen LogP contribution in [0, 0.1) is 0 Å². The van der Waals surface area contributed by atoms with Crippen molar-refractivity contribution in [1.82, 2.24) is 20.0 Å². The lowest BCUT2D eigenvalue weighted by atomic mass is 10.2. The molecule has 9 heteroatoms. The van der Waals surface area contributed by atoms with E-state index in [-0.39, 0.29) is 5.75 Å². The maximum absolute atomic E-state index is 12.2. The van der Waals surface area contributed by atoms with E-state index in [2.05, 4.69) is 25.1 Å². The Labute approximate surface area is 141 Å². The van der Waals surface area contributed by atoms with Crippen LogP contribution < -0.4 is 4.74 Å². The van der Waals surface area contributed by atoms with Gasteiger partial charge in [0.15, 0.2) is 0 Å². The summed E-state index contributed by atoms with van der Waals surface area (Å²) in [5, 5.41) is 10.6. The summed E-state index contributed by atoms with van der Waals surface area (Å²) in [5.74, 6) is -0.248. The first-order chi connectivity index (χ1) is 12.0. The fourth-order valence-corrected chi connectivity index (χ4v) is 2.40. The standard InChI is InChI=1S/C16H14F3N5O/c1-20-9-13-15(22-23-21-13)14-3-2-8-24(14)10-11-4-6-12(7-5-11)25-16(17,18)19/h2-9H,10H2,1H3,(H,21,22,23)/b20-9+. The van der Waals surface area contributed by atoms with E-state index in [0.717, 1.165) is 11.3 Å². The topological polar surface area (TPSA) is 68.1 Å². The van der Waals surface area contributed by atoms with Crippen LogP contribution in [-0.2, 0) is 6.54 Å². The van der Waals surface area contributed by atoms with Gasteiger partial charge in [-0.1, -0.05) is 17.3 Å². The SMILES string of the molecule is C/N=C/c1[nH]nnc1-c1cccn1Cc1ccc(OC(F)(F)F)cc1. The van der Waals surface area contributed by atoms with Gasteiger partial charge >= 0.3 is 6.36 Å². The Balaban J connectivity index is 1.81. The molecule has 0 amide bonds. The summed E-state index contributed by atoms with van der Waals surface area (Å²) in [4.78, 5) is 3.95. The van der Waals surface area contributed by atoms with Gasteiger partial charge in [0, 0.05) is 26.0 Å². The number of alkyl halides is 3. The molecule has 0 atom stereocenters. The predicted octanol–water partition coefficient (Wildman–Crippen LogP) is 3.27. The summed E-state index contributed by atoms with van der Waals surface area (Å²) in [7, 11) is 1.65. The Kier molecular flexibility index (Phi) is 4.55. The molecule has 0 aliphatic heterocycles. The second-order valence-electron chi connectivity index (χ2n) is 5.17. The third kappa shape index (κ3) is 4.06. The van der Waals surface area contributed by atoms with Crippen LogP contribution in [0.15, 0.2) is 47.6 Å². The highest BCUT2D eigenvalue weighted by molar-refractivity contribution is 5.85. The van der Waals surface area contributed by atoms with Crippen molar-refractivity contribution in [2.45, 2.75) is 12.9 Å². The smallest absolute Gasteiger partial charge is 0.406 e. The monoisotopic (exact) mass is 349 g/mol. The van der Waals surface area contributed by atoms with Gasteiger partial charge in [-0.25, -0.2) is 0 Å². The number of ether oxygens (including phenoxy) is 1. The fraction of sp³-hybridized carbons (Fsp3) is 0.188. The van der Waals surface area contributed by atoms with Crippen LogP contribution >= 0.6 is 0 Å². The zero-order chi connectivity index (χ0) is 17.9. The van der Waals surface area contributed by atoms with E-state index in [1.165, 1.54) is 12.1 Å². The average molecular weight is 349 g/mol. The second kappa shape index (κ2) is 6.80. The molecule has 0 aliphatic rings. The summed E-state index contributed by atoms with van der Waals surface area (Å²) in [6.45, 7) is 0.462. The van der Waals surface area contributed by atoms with E-state index < -0.39 is 6.36 Å². The van der Waals surface area contributed by atoms with E-state index in [4.69, 9.17) is 0 Å². The molecule has 130 valence electrons. The predicted molar refractivity (Wildman–Crippen MR) is 85.6 cm³/mol. The molecule has 2 aromatic heterocycles. The fourth-order valence-electron chi connectivity index (χ4n) is 2.40. The summed E-state index contributed by atoms with van der Waals surface area (Å²) in [5.41, 5.74) is 2.96. The Morgan fingerprint density at radius 3 is 2.68 bits per heavy atom. The van der Waals surface area contributed by atoms with Crippen LogP contribution in [0.5, 0.6) is 5.75 Å². The highest BCUT2D eigenvalue weighted by Crippen LogP contribution is 2.24. The van der Waals surface area contributed by atoms with Crippen molar-refractivity contribution in [2.75, 3.05) is 7.05 Å². The number of nitrogens with zero attached hydrogens (tertiary/aromatic N) is 4. The van der Waals surface area contributed by atoms with Crippen molar-refractivity contribution in [3.8, 4) is 17.1 Å². The number of aromatic nitrogens is 4. The molecule has 6 nitrogen and oxygen atoms in total. The Morgan fingerprint density at radius 2 is 2.00 bits per heavy atom. The molecular formula is C16H14F3N5O. The number of H-pyrrole nitrogens is 1. The molecule has 0 spiro atoms. The number of aliphatic imine (C=N–C) groups is 1. The molecule has 0 unspecified atom stereocenters. The second-order valence-corrected chi connectivity index (χ2v) is 5.17. The molecular weight excluding hydrogens is 335 g/mol. The molecule has 0 bridgehead atoms. The van der Waals surface area contributed by atoms with Gasteiger partial charge in [0.2, 0.25) is 0 Å². The maximum atomic E-state index is 12.2. The van der Waals surface area contributed by atoms with Gasteiger partial charge in [-0.15, -0.1) is 18.3 Å². The normalized spacial score (nSPS) is 12.0. The number of rotatable bonds is 5. The van der Waals surface area contributed by atoms with Crippen LogP contribution in [0.3, 0.4) is 0 Å². The number of halogens is 3. The number of aromatic amines is 1. The Hall–Kier alpha value is -3.10. The molecule has 2 heterocycles. The van der Waals surface area contributed by atoms with E-state index in [0.29, 0.717) is 17.9 Å². The Bertz CT molecular complexity index is 865. The zero-order valence-electron chi connectivity index (χ0n) is 13.2. The van der Waals surface area contributed by atoms with Gasteiger partial charge in [0.1, 0.15) is 17.1 Å². The third-order valence-corrected chi connectivity index (χ3v) is 3.42. The first kappa shape index (κ1) is 16.7. The maximum Gasteiger partial charge on any atom is 0.573 e. The van der Waals surface area contributed by atoms with E-state index in [1.807, 2.05) is 22.9 Å². The van der Waals surface area contributed by atoms with Crippen LogP contribution in [0.4, 0.5) is 13.2 Å². The number of benzene rings is 1. The van der Waals surface area contributed by atoms with Gasteiger partial charge in [0.25, 0.3) is 0 Å². The molecule has 0 radical (unpaired) electrons. The van der Waals surface area contributed by atoms with Gasteiger partial charge < -0.3 is 9.30 Å². The minimum absolute atomic E-state index is 0.248. The average Bonchev–Trinajstić information content (AvgIpc) is 3.17. The van der Waals surface area contributed by atoms with Crippen molar-refractivity contribution < 1.29 is 17.9 Å². The Morgan fingerprint density at radius 1 is 1.24 bits per heavy atom. The van der Waals surface area contributed by atoms with E-state index >= 15 is 0 Å². The minimum Gasteiger partial charge on any atom is -0.406 e. The summed E-state index contributed by atoms with van der Waals surface area (Å²) < 4.78 is 42.4. The molecule has 1 N–H and O–H groups in total. The van der Waals surface area contributed by atoms with Gasteiger partial charge in [0.05, 0.1) is 5.69 Å². The summed E-state index contributed by atoms with van der Waals surface area (Å²) in [6, 6.07) is 9.49.